The van der Waals surface area contributed by atoms with Crippen LogP contribution in [0.4, 0.5) is 11.4 Å². The fourth-order valence-electron chi connectivity index (χ4n) is 3.95. The van der Waals surface area contributed by atoms with E-state index in [0.717, 1.165) is 30.8 Å². The van der Waals surface area contributed by atoms with Crippen molar-refractivity contribution in [2.45, 2.75) is 25.4 Å². The van der Waals surface area contributed by atoms with E-state index in [4.69, 9.17) is 10.8 Å². The molecule has 2 heterocycles. The zero-order chi connectivity index (χ0) is 17.5. The number of nitrogens with two attached hydrogens (primary N) is 1. The molecule has 3 N–H and O–H groups in total. The number of aryl methyl sites for hydroxylation is 1. The predicted molar refractivity (Wildman–Crippen MR) is 104 cm³/mol. The Hall–Kier alpha value is -3.21. The van der Waals surface area contributed by atoms with Gasteiger partial charge in [-0.05, 0) is 54.3 Å². The van der Waals surface area contributed by atoms with Crippen molar-refractivity contribution >= 4 is 17.5 Å². The first-order valence-electron chi connectivity index (χ1n) is 8.99. The second-order valence-electron chi connectivity index (χ2n) is 6.92. The van der Waals surface area contributed by atoms with Crippen LogP contribution >= 0.6 is 0 Å². The molecule has 0 fully saturated rings. The average Bonchev–Trinajstić information content (AvgIpc) is 3.27. The topological polar surface area (TPSA) is 59.1 Å². The van der Waals surface area contributed by atoms with E-state index in [2.05, 4.69) is 51.7 Å². The molecule has 0 radical (unpaired) electrons. The molecular weight excluding hydrogens is 322 g/mol. The van der Waals surface area contributed by atoms with Gasteiger partial charge < -0.3 is 5.73 Å². The number of nitrogens with zero attached hydrogens (tertiary/aromatic N) is 3. The van der Waals surface area contributed by atoms with Crippen LogP contribution in [0.2, 0.25) is 0 Å². The van der Waals surface area contributed by atoms with Crippen molar-refractivity contribution in [1.29, 1.82) is 0 Å². The monoisotopic (exact) mass is 343 g/mol. The van der Waals surface area contributed by atoms with Crippen molar-refractivity contribution in [3.05, 3.63) is 83.3 Å². The molecule has 1 aromatic heterocycles. The molecule has 0 bridgehead atoms. The number of fused-ring (bicyclic) bond motifs is 2. The number of anilines is 2. The third-order valence-electron chi connectivity index (χ3n) is 5.26. The lowest BCUT2D eigenvalue weighted by atomic mass is 10.1. The highest BCUT2D eigenvalue weighted by Crippen LogP contribution is 2.36. The molecule has 1 aliphatic carbocycles. The van der Waals surface area contributed by atoms with Gasteiger partial charge >= 0.3 is 0 Å². The van der Waals surface area contributed by atoms with Crippen LogP contribution in [0.5, 0.6) is 0 Å². The highest BCUT2D eigenvalue weighted by molar-refractivity contribution is 5.56. The van der Waals surface area contributed by atoms with Crippen LogP contribution in [0.15, 0.2) is 60.9 Å². The molecule has 3 aromatic rings. The van der Waals surface area contributed by atoms with Crippen molar-refractivity contribution in [2.24, 2.45) is 0 Å². The van der Waals surface area contributed by atoms with Gasteiger partial charge in [0.25, 0.3) is 0 Å². The minimum Gasteiger partial charge on any atom is -0.399 e. The second kappa shape index (κ2) is 5.95. The van der Waals surface area contributed by atoms with Gasteiger partial charge in [-0.1, -0.05) is 24.3 Å². The molecular formula is C21H21N5. The Morgan fingerprint density at radius 2 is 1.92 bits per heavy atom. The number of hydrogen-bond donors (Lipinski definition) is 2. The van der Waals surface area contributed by atoms with E-state index in [9.17, 15) is 0 Å². The van der Waals surface area contributed by atoms with Gasteiger partial charge in [0.1, 0.15) is 0 Å². The summed E-state index contributed by atoms with van der Waals surface area (Å²) in [6.45, 7) is 0.773. The number of hydrogen-bond acceptors (Lipinski definition) is 4. The number of benzene rings is 2. The van der Waals surface area contributed by atoms with Crippen LogP contribution < -0.4 is 11.2 Å². The summed E-state index contributed by atoms with van der Waals surface area (Å²) in [5, 5.41) is 6.82. The Bertz CT molecular complexity index is 970. The van der Waals surface area contributed by atoms with E-state index in [-0.39, 0.29) is 0 Å². The van der Waals surface area contributed by atoms with Gasteiger partial charge in [0.2, 0.25) is 0 Å². The summed E-state index contributed by atoms with van der Waals surface area (Å²) in [4.78, 5) is 0. The number of rotatable bonds is 3. The van der Waals surface area contributed by atoms with Crippen molar-refractivity contribution in [3.8, 4) is 0 Å². The second-order valence-corrected chi connectivity index (χ2v) is 6.92. The van der Waals surface area contributed by atoms with Crippen molar-refractivity contribution in [1.82, 2.24) is 14.8 Å². The largest absolute Gasteiger partial charge is 0.399 e. The lowest BCUT2D eigenvalue weighted by Gasteiger charge is -2.27. The van der Waals surface area contributed by atoms with E-state index in [0.29, 0.717) is 6.04 Å². The van der Waals surface area contributed by atoms with Gasteiger partial charge in [-0.25, -0.2) is 0 Å². The van der Waals surface area contributed by atoms with E-state index in [1.807, 2.05) is 30.5 Å². The first-order valence-corrected chi connectivity index (χ1v) is 8.99. The number of hydrazine groups is 1. The molecule has 2 aliphatic rings. The maximum atomic E-state index is 5.77. The van der Waals surface area contributed by atoms with Gasteiger partial charge in [0, 0.05) is 17.5 Å². The van der Waals surface area contributed by atoms with Crippen molar-refractivity contribution in [2.75, 3.05) is 11.2 Å². The molecule has 2 aromatic carbocycles. The molecule has 1 aliphatic heterocycles. The maximum absolute atomic E-state index is 5.77. The fraction of sp³-hybridized carbons (Fsp3) is 0.190. The molecule has 130 valence electrons. The van der Waals surface area contributed by atoms with Crippen LogP contribution in [0, 0.1) is 0 Å². The molecule has 0 amide bonds. The molecule has 0 saturated heterocycles. The third-order valence-corrected chi connectivity index (χ3v) is 5.26. The van der Waals surface area contributed by atoms with Gasteiger partial charge in [0.15, 0.2) is 0 Å². The van der Waals surface area contributed by atoms with E-state index in [1.165, 1.54) is 22.4 Å². The Labute approximate surface area is 152 Å². The molecule has 1 unspecified atom stereocenters. The van der Waals surface area contributed by atoms with Gasteiger partial charge in [-0.2, -0.15) is 5.10 Å². The molecule has 1 atom stereocenters. The fourth-order valence-corrected chi connectivity index (χ4v) is 3.95. The van der Waals surface area contributed by atoms with Gasteiger partial charge in [-0.15, -0.1) is 0 Å². The summed E-state index contributed by atoms with van der Waals surface area (Å²) in [6.07, 6.45) is 8.40. The van der Waals surface area contributed by atoms with E-state index < -0.39 is 0 Å². The first kappa shape index (κ1) is 15.1. The highest BCUT2D eigenvalue weighted by Gasteiger charge is 2.28. The van der Waals surface area contributed by atoms with Crippen LogP contribution in [0.25, 0.3) is 6.08 Å². The van der Waals surface area contributed by atoms with Crippen molar-refractivity contribution in [3.63, 3.8) is 0 Å². The van der Waals surface area contributed by atoms with Gasteiger partial charge in [0.05, 0.1) is 30.2 Å². The molecule has 5 nitrogen and oxygen atoms in total. The Kier molecular flexibility index (Phi) is 3.45. The Morgan fingerprint density at radius 3 is 2.81 bits per heavy atom. The van der Waals surface area contributed by atoms with Crippen LogP contribution in [-0.4, -0.2) is 14.8 Å². The maximum Gasteiger partial charge on any atom is 0.0812 e. The highest BCUT2D eigenvalue weighted by atomic mass is 15.5. The zero-order valence-electron chi connectivity index (χ0n) is 14.5. The summed E-state index contributed by atoms with van der Waals surface area (Å²) >= 11 is 0. The summed E-state index contributed by atoms with van der Waals surface area (Å²) in [6, 6.07) is 16.8. The molecule has 0 saturated carbocycles. The van der Waals surface area contributed by atoms with E-state index in [1.54, 1.807) is 0 Å². The predicted octanol–water partition coefficient (Wildman–Crippen LogP) is 3.81. The van der Waals surface area contributed by atoms with Crippen LogP contribution in [0.1, 0.15) is 34.8 Å². The van der Waals surface area contributed by atoms with Crippen LogP contribution in [-0.2, 0) is 13.0 Å². The number of aromatic nitrogens is 2. The normalized spacial score (nSPS) is 17.8. The smallest absolute Gasteiger partial charge is 0.0812 e. The summed E-state index contributed by atoms with van der Waals surface area (Å²) in [7, 11) is 0. The van der Waals surface area contributed by atoms with Gasteiger partial charge in [-0.3, -0.25) is 15.1 Å². The van der Waals surface area contributed by atoms with Crippen molar-refractivity contribution < 1.29 is 0 Å². The summed E-state index contributed by atoms with van der Waals surface area (Å²) in [5.74, 6) is 0. The minimum absolute atomic E-state index is 0.333. The molecule has 26 heavy (non-hydrogen) atoms. The van der Waals surface area contributed by atoms with E-state index >= 15 is 0 Å². The first-order chi connectivity index (χ1) is 12.8. The van der Waals surface area contributed by atoms with Crippen LogP contribution in [0.3, 0.4) is 0 Å². The SMILES string of the molecule is Nc1ccc(NN2C=Cc3cnn(C4CCc5ccccc54)c3C2)cc1. The quantitative estimate of drug-likeness (QED) is 0.710. The summed E-state index contributed by atoms with van der Waals surface area (Å²) in [5.41, 5.74) is 16.3. The summed E-state index contributed by atoms with van der Waals surface area (Å²) < 4.78 is 2.21. The third kappa shape index (κ3) is 2.52. The molecule has 5 heteroatoms. The lowest BCUT2D eigenvalue weighted by Crippen LogP contribution is -2.28. The Morgan fingerprint density at radius 1 is 1.08 bits per heavy atom. The molecule has 5 rings (SSSR count). The lowest BCUT2D eigenvalue weighted by molar-refractivity contribution is 0.399. The zero-order valence-corrected chi connectivity index (χ0v) is 14.5. The Balaban J connectivity index is 1.41. The molecule has 0 spiro atoms. The minimum atomic E-state index is 0.333. The average molecular weight is 343 g/mol. The standard InChI is InChI=1S/C21H21N5/c22-17-6-8-18(9-7-17)24-25-12-11-16-13-23-26(21(16)14-25)20-10-5-15-3-1-2-4-19(15)20/h1-4,6-9,11-13,20,24H,5,10,14,22H2. The number of nitrogens with one attached hydrogen (secondary N) is 1. The number of nitrogen functional groups attached to an aromatic ring is 1.